The predicted octanol–water partition coefficient (Wildman–Crippen LogP) is 5.38. The number of nitrogens with one attached hydrogen (secondary N) is 1. The van der Waals surface area contributed by atoms with Crippen molar-refractivity contribution in [1.29, 1.82) is 0 Å². The molecule has 0 saturated heterocycles. The molecule has 1 atom stereocenters. The quantitative estimate of drug-likeness (QED) is 0.594. The van der Waals surface area contributed by atoms with E-state index in [1.807, 2.05) is 18.3 Å². The second kappa shape index (κ2) is 7.66. The van der Waals surface area contributed by atoms with Gasteiger partial charge in [-0.1, -0.05) is 6.08 Å². The molecule has 8 heteroatoms. The van der Waals surface area contributed by atoms with Crippen molar-refractivity contribution in [3.63, 3.8) is 0 Å². The fourth-order valence-corrected chi connectivity index (χ4v) is 4.46. The van der Waals surface area contributed by atoms with Gasteiger partial charge in [0.05, 0.1) is 17.6 Å². The third-order valence-electron chi connectivity index (χ3n) is 6.30. The molecule has 0 bridgehead atoms. The maximum atomic E-state index is 13.9. The zero-order chi connectivity index (χ0) is 21.6. The average Bonchev–Trinajstić information content (AvgIpc) is 3.36. The number of imidazole rings is 1. The average molecular weight is 427 g/mol. The summed E-state index contributed by atoms with van der Waals surface area (Å²) in [7, 11) is 0. The minimum atomic E-state index is -2.51. The Morgan fingerprint density at radius 2 is 2.00 bits per heavy atom. The SMILES string of the molecule is CC(F)c1cnc2ccc(C3=CCc4nc(NCC5CCC(F)(F)CC5)ncc43)cn12. The second-order valence-electron chi connectivity index (χ2n) is 8.50. The van der Waals surface area contributed by atoms with Crippen LogP contribution in [0.15, 0.2) is 36.8 Å². The van der Waals surface area contributed by atoms with Crippen LogP contribution in [0.3, 0.4) is 0 Å². The lowest BCUT2D eigenvalue weighted by Crippen LogP contribution is -2.28. The van der Waals surface area contributed by atoms with Crippen LogP contribution in [0.5, 0.6) is 0 Å². The minimum Gasteiger partial charge on any atom is -0.354 e. The summed E-state index contributed by atoms with van der Waals surface area (Å²) in [6, 6.07) is 3.85. The van der Waals surface area contributed by atoms with Crippen LogP contribution in [0.2, 0.25) is 0 Å². The highest BCUT2D eigenvalue weighted by atomic mass is 19.3. The number of rotatable bonds is 5. The van der Waals surface area contributed by atoms with Gasteiger partial charge in [0.1, 0.15) is 11.8 Å². The van der Waals surface area contributed by atoms with Crippen LogP contribution in [0.1, 0.15) is 61.3 Å². The Labute approximate surface area is 178 Å². The molecule has 1 saturated carbocycles. The maximum absolute atomic E-state index is 13.9. The zero-order valence-corrected chi connectivity index (χ0v) is 17.3. The molecule has 3 aromatic heterocycles. The molecule has 31 heavy (non-hydrogen) atoms. The molecule has 2 aliphatic rings. The highest BCUT2D eigenvalue weighted by Gasteiger charge is 2.34. The van der Waals surface area contributed by atoms with E-state index in [1.165, 1.54) is 6.92 Å². The van der Waals surface area contributed by atoms with Gasteiger partial charge in [0.15, 0.2) is 0 Å². The Morgan fingerprint density at radius 1 is 1.19 bits per heavy atom. The molecule has 1 unspecified atom stereocenters. The van der Waals surface area contributed by atoms with Crippen LogP contribution in [-0.2, 0) is 6.42 Å². The third-order valence-corrected chi connectivity index (χ3v) is 6.30. The fourth-order valence-electron chi connectivity index (χ4n) is 4.46. The van der Waals surface area contributed by atoms with E-state index in [1.54, 1.807) is 16.8 Å². The molecule has 0 aromatic carbocycles. The first-order valence-corrected chi connectivity index (χ1v) is 10.7. The van der Waals surface area contributed by atoms with Gasteiger partial charge in [0.2, 0.25) is 11.9 Å². The Balaban J connectivity index is 1.31. The maximum Gasteiger partial charge on any atom is 0.248 e. The van der Waals surface area contributed by atoms with Crippen molar-refractivity contribution >= 4 is 17.2 Å². The molecular weight excluding hydrogens is 403 g/mol. The van der Waals surface area contributed by atoms with Crippen LogP contribution < -0.4 is 5.32 Å². The molecule has 2 aliphatic carbocycles. The van der Waals surface area contributed by atoms with Crippen LogP contribution in [0.4, 0.5) is 19.1 Å². The van der Waals surface area contributed by atoms with Crippen LogP contribution in [-0.4, -0.2) is 31.8 Å². The topological polar surface area (TPSA) is 55.1 Å². The van der Waals surface area contributed by atoms with E-state index in [2.05, 4.69) is 26.3 Å². The Hall–Kier alpha value is -2.90. The summed E-state index contributed by atoms with van der Waals surface area (Å²) in [4.78, 5) is 13.3. The summed E-state index contributed by atoms with van der Waals surface area (Å²) < 4.78 is 42.3. The third kappa shape index (κ3) is 3.91. The number of halogens is 3. The number of nitrogens with zero attached hydrogens (tertiary/aromatic N) is 4. The summed E-state index contributed by atoms with van der Waals surface area (Å²) in [6.07, 6.45) is 7.91. The van der Waals surface area contributed by atoms with Crippen molar-refractivity contribution in [3.05, 3.63) is 59.3 Å². The highest BCUT2D eigenvalue weighted by molar-refractivity contribution is 5.84. The van der Waals surface area contributed by atoms with Crippen molar-refractivity contribution in [2.75, 3.05) is 11.9 Å². The van der Waals surface area contributed by atoms with Gasteiger partial charge in [-0.05, 0) is 49.0 Å². The molecule has 3 aromatic rings. The van der Waals surface area contributed by atoms with Gasteiger partial charge >= 0.3 is 0 Å². The van der Waals surface area contributed by atoms with E-state index in [4.69, 9.17) is 0 Å². The van der Waals surface area contributed by atoms with Gasteiger partial charge in [-0.15, -0.1) is 0 Å². The number of aromatic nitrogens is 4. The first-order valence-electron chi connectivity index (χ1n) is 10.7. The van der Waals surface area contributed by atoms with Gasteiger partial charge < -0.3 is 9.72 Å². The van der Waals surface area contributed by atoms with Gasteiger partial charge in [-0.25, -0.2) is 28.1 Å². The number of fused-ring (bicyclic) bond motifs is 2. The molecule has 3 heterocycles. The van der Waals surface area contributed by atoms with Crippen LogP contribution in [0, 0.1) is 5.92 Å². The lowest BCUT2D eigenvalue weighted by atomic mass is 9.87. The molecule has 0 radical (unpaired) electrons. The van der Waals surface area contributed by atoms with Crippen molar-refractivity contribution < 1.29 is 13.2 Å². The van der Waals surface area contributed by atoms with Crippen LogP contribution >= 0.6 is 0 Å². The van der Waals surface area contributed by atoms with E-state index in [0.717, 1.165) is 22.4 Å². The summed E-state index contributed by atoms with van der Waals surface area (Å²) in [5.41, 5.74) is 5.08. The minimum absolute atomic E-state index is 0.0399. The van der Waals surface area contributed by atoms with Gasteiger partial charge in [-0.2, -0.15) is 0 Å². The van der Waals surface area contributed by atoms with Crippen molar-refractivity contribution in [2.24, 2.45) is 5.92 Å². The second-order valence-corrected chi connectivity index (χ2v) is 8.50. The number of hydrogen-bond donors (Lipinski definition) is 1. The molecule has 162 valence electrons. The molecule has 0 amide bonds. The highest BCUT2D eigenvalue weighted by Crippen LogP contribution is 2.36. The number of allylic oxidation sites excluding steroid dienone is 1. The first-order chi connectivity index (χ1) is 14.9. The molecular formula is C23H24F3N5. The number of anilines is 1. The summed E-state index contributed by atoms with van der Waals surface area (Å²) in [5.74, 6) is -1.76. The molecule has 1 N–H and O–H groups in total. The van der Waals surface area contributed by atoms with Crippen molar-refractivity contribution in [3.8, 4) is 0 Å². The van der Waals surface area contributed by atoms with E-state index in [9.17, 15) is 13.2 Å². The van der Waals surface area contributed by atoms with Gasteiger partial charge in [0, 0.05) is 43.8 Å². The molecule has 1 fully saturated rings. The molecule has 5 rings (SSSR count). The largest absolute Gasteiger partial charge is 0.354 e. The monoisotopic (exact) mass is 427 g/mol. The number of alkyl halides is 3. The summed E-state index contributed by atoms with van der Waals surface area (Å²) >= 11 is 0. The predicted molar refractivity (Wildman–Crippen MR) is 113 cm³/mol. The first kappa shape index (κ1) is 20.0. The standard InChI is InChI=1S/C23H24F3N5/c1-14(24)20-12-27-21-5-2-16(13-31(20)21)17-3-4-19-18(17)11-29-22(30-19)28-10-15-6-8-23(25,26)9-7-15/h2-3,5,11-15H,4,6-10H2,1H3,(H,28,29,30). The lowest BCUT2D eigenvalue weighted by molar-refractivity contribution is -0.0443. The van der Waals surface area contributed by atoms with Crippen LogP contribution in [0.25, 0.3) is 11.2 Å². The van der Waals surface area contributed by atoms with E-state index >= 15 is 0 Å². The zero-order valence-electron chi connectivity index (χ0n) is 17.3. The Morgan fingerprint density at radius 3 is 2.77 bits per heavy atom. The molecule has 0 aliphatic heterocycles. The molecule has 0 spiro atoms. The van der Waals surface area contributed by atoms with Gasteiger partial charge in [0.25, 0.3) is 0 Å². The Kier molecular flexibility index (Phi) is 4.95. The number of hydrogen-bond acceptors (Lipinski definition) is 4. The van der Waals surface area contributed by atoms with Crippen molar-refractivity contribution in [1.82, 2.24) is 19.4 Å². The molecule has 5 nitrogen and oxygen atoms in total. The van der Waals surface area contributed by atoms with E-state index in [0.29, 0.717) is 43.1 Å². The van der Waals surface area contributed by atoms with Gasteiger partial charge in [-0.3, -0.25) is 0 Å². The summed E-state index contributed by atoms with van der Waals surface area (Å²) in [5, 5.41) is 3.22. The Bertz CT molecular complexity index is 1140. The van der Waals surface area contributed by atoms with Crippen molar-refractivity contribution in [2.45, 2.75) is 51.1 Å². The summed E-state index contributed by atoms with van der Waals surface area (Å²) in [6.45, 7) is 2.11. The lowest BCUT2D eigenvalue weighted by Gasteiger charge is -2.28. The van der Waals surface area contributed by atoms with E-state index in [-0.39, 0.29) is 18.8 Å². The fraction of sp³-hybridized carbons (Fsp3) is 0.435. The van der Waals surface area contributed by atoms with E-state index < -0.39 is 12.1 Å². The normalized spacial score (nSPS) is 19.3. The smallest absolute Gasteiger partial charge is 0.248 e. The number of pyridine rings is 1.